The Kier molecular flexibility index (Phi) is 9.41. The zero-order chi connectivity index (χ0) is 14.9. The van der Waals surface area contributed by atoms with Gasteiger partial charge in [0.15, 0.2) is 0 Å². The molecule has 0 bridgehead atoms. The van der Waals surface area contributed by atoms with Gasteiger partial charge < -0.3 is 0 Å². The van der Waals surface area contributed by atoms with Gasteiger partial charge in [0.1, 0.15) is 0 Å². The maximum Gasteiger partial charge on any atom is 0.0444 e. The van der Waals surface area contributed by atoms with Gasteiger partial charge in [-0.3, -0.25) is 0 Å². The SMILES string of the molecule is CCCCCCCC(CCCC)C(C)(C)C(C)(C)Cl. The minimum atomic E-state index is -0.116. The maximum absolute atomic E-state index is 6.66. The molecule has 0 aliphatic heterocycles. The first kappa shape index (κ1) is 19.3. The highest BCUT2D eigenvalue weighted by atomic mass is 35.5. The molecule has 116 valence electrons. The summed E-state index contributed by atoms with van der Waals surface area (Å²) in [6.07, 6.45) is 12.2. The van der Waals surface area contributed by atoms with Crippen molar-refractivity contribution >= 4 is 11.6 Å². The van der Waals surface area contributed by atoms with Crippen LogP contribution in [0.5, 0.6) is 0 Å². The molecule has 0 heterocycles. The zero-order valence-electron chi connectivity index (χ0n) is 14.3. The smallest absolute Gasteiger partial charge is 0.0444 e. The summed E-state index contributed by atoms with van der Waals surface area (Å²) < 4.78 is 0. The molecule has 0 fully saturated rings. The van der Waals surface area contributed by atoms with E-state index in [2.05, 4.69) is 41.5 Å². The Labute approximate surface area is 127 Å². The Balaban J connectivity index is 4.37. The lowest BCUT2D eigenvalue weighted by Crippen LogP contribution is -2.40. The van der Waals surface area contributed by atoms with E-state index in [0.717, 1.165) is 5.92 Å². The van der Waals surface area contributed by atoms with Crippen LogP contribution in [0.3, 0.4) is 0 Å². The molecule has 0 saturated carbocycles. The second kappa shape index (κ2) is 9.27. The summed E-state index contributed by atoms with van der Waals surface area (Å²) in [5, 5.41) is 0. The molecule has 1 atom stereocenters. The highest BCUT2D eigenvalue weighted by Gasteiger charge is 2.40. The van der Waals surface area contributed by atoms with E-state index in [1.54, 1.807) is 0 Å². The molecule has 0 aliphatic rings. The molecule has 0 aromatic heterocycles. The average molecular weight is 289 g/mol. The molecule has 0 aliphatic carbocycles. The van der Waals surface area contributed by atoms with Crippen molar-refractivity contribution in [2.75, 3.05) is 0 Å². The number of halogens is 1. The first-order valence-corrected chi connectivity index (χ1v) is 8.84. The fraction of sp³-hybridized carbons (Fsp3) is 1.00. The summed E-state index contributed by atoms with van der Waals surface area (Å²) in [5.74, 6) is 0.765. The molecule has 0 radical (unpaired) electrons. The normalized spacial score (nSPS) is 14.7. The van der Waals surface area contributed by atoms with Crippen LogP contribution < -0.4 is 0 Å². The van der Waals surface area contributed by atoms with Crippen LogP contribution in [0.1, 0.15) is 99.3 Å². The van der Waals surface area contributed by atoms with Crippen LogP contribution in [-0.4, -0.2) is 4.87 Å². The number of hydrogen-bond donors (Lipinski definition) is 0. The lowest BCUT2D eigenvalue weighted by atomic mass is 9.66. The molecule has 1 unspecified atom stereocenters. The number of hydrogen-bond acceptors (Lipinski definition) is 0. The van der Waals surface area contributed by atoms with Crippen molar-refractivity contribution in [3.63, 3.8) is 0 Å². The molecule has 1 heteroatoms. The summed E-state index contributed by atoms with van der Waals surface area (Å²) in [6.45, 7) is 13.7. The number of unbranched alkanes of at least 4 members (excludes halogenated alkanes) is 5. The summed E-state index contributed by atoms with van der Waals surface area (Å²) in [7, 11) is 0. The lowest BCUT2D eigenvalue weighted by Gasteiger charge is -2.44. The van der Waals surface area contributed by atoms with E-state index in [0.29, 0.717) is 0 Å². The largest absolute Gasteiger partial charge is 0.119 e. The van der Waals surface area contributed by atoms with E-state index in [-0.39, 0.29) is 10.3 Å². The highest BCUT2D eigenvalue weighted by Crippen LogP contribution is 2.46. The quantitative estimate of drug-likeness (QED) is 0.278. The van der Waals surface area contributed by atoms with Gasteiger partial charge in [-0.25, -0.2) is 0 Å². The first-order chi connectivity index (χ1) is 8.77. The molecule has 0 aromatic rings. The van der Waals surface area contributed by atoms with Crippen molar-refractivity contribution < 1.29 is 0 Å². The standard InChI is InChI=1S/C18H37Cl/c1-7-9-11-12-13-15-16(14-10-8-2)17(3,4)18(5,6)19/h16H,7-15H2,1-6H3. The number of rotatable bonds is 11. The minimum absolute atomic E-state index is 0.116. The Morgan fingerprint density at radius 3 is 1.68 bits per heavy atom. The van der Waals surface area contributed by atoms with Crippen molar-refractivity contribution in [2.24, 2.45) is 11.3 Å². The summed E-state index contributed by atoms with van der Waals surface area (Å²) in [5.41, 5.74) is 0.217. The van der Waals surface area contributed by atoms with Crippen LogP contribution in [0.25, 0.3) is 0 Å². The molecule has 0 amide bonds. The van der Waals surface area contributed by atoms with E-state index < -0.39 is 0 Å². The topological polar surface area (TPSA) is 0 Å². The van der Waals surface area contributed by atoms with Crippen LogP contribution >= 0.6 is 11.6 Å². The fourth-order valence-electron chi connectivity index (χ4n) is 2.80. The van der Waals surface area contributed by atoms with Gasteiger partial charge in [-0.15, -0.1) is 11.6 Å². The van der Waals surface area contributed by atoms with Gasteiger partial charge in [0, 0.05) is 4.87 Å². The summed E-state index contributed by atoms with van der Waals surface area (Å²) >= 11 is 6.66. The average Bonchev–Trinajstić information content (AvgIpc) is 2.31. The third-order valence-electron chi connectivity index (χ3n) is 5.12. The van der Waals surface area contributed by atoms with Crippen molar-refractivity contribution in [3.8, 4) is 0 Å². The van der Waals surface area contributed by atoms with Crippen molar-refractivity contribution in [3.05, 3.63) is 0 Å². The Bertz CT molecular complexity index is 212. The van der Waals surface area contributed by atoms with Gasteiger partial charge in [-0.1, -0.05) is 72.6 Å². The van der Waals surface area contributed by atoms with Gasteiger partial charge in [0.25, 0.3) is 0 Å². The molecule has 19 heavy (non-hydrogen) atoms. The third-order valence-corrected chi connectivity index (χ3v) is 5.60. The summed E-state index contributed by atoms with van der Waals surface area (Å²) in [4.78, 5) is -0.116. The molecule has 0 spiro atoms. The van der Waals surface area contributed by atoms with Crippen molar-refractivity contribution in [2.45, 2.75) is 104 Å². The van der Waals surface area contributed by atoms with Gasteiger partial charge in [-0.05, 0) is 38.0 Å². The molecular weight excluding hydrogens is 252 g/mol. The van der Waals surface area contributed by atoms with Crippen LogP contribution in [0.15, 0.2) is 0 Å². The van der Waals surface area contributed by atoms with Crippen LogP contribution in [0.4, 0.5) is 0 Å². The van der Waals surface area contributed by atoms with Gasteiger partial charge in [-0.2, -0.15) is 0 Å². The van der Waals surface area contributed by atoms with Crippen molar-refractivity contribution in [1.29, 1.82) is 0 Å². The van der Waals surface area contributed by atoms with Gasteiger partial charge in [0.2, 0.25) is 0 Å². The van der Waals surface area contributed by atoms with Crippen LogP contribution in [-0.2, 0) is 0 Å². The van der Waals surface area contributed by atoms with Crippen molar-refractivity contribution in [1.82, 2.24) is 0 Å². The lowest BCUT2D eigenvalue weighted by molar-refractivity contribution is 0.132. The van der Waals surface area contributed by atoms with E-state index in [9.17, 15) is 0 Å². The molecule has 0 aromatic carbocycles. The highest BCUT2D eigenvalue weighted by molar-refractivity contribution is 6.23. The fourth-order valence-corrected chi connectivity index (χ4v) is 2.95. The van der Waals surface area contributed by atoms with Gasteiger partial charge in [0.05, 0.1) is 0 Å². The van der Waals surface area contributed by atoms with E-state index in [4.69, 9.17) is 11.6 Å². The molecule has 0 nitrogen and oxygen atoms in total. The Morgan fingerprint density at radius 1 is 0.737 bits per heavy atom. The van der Waals surface area contributed by atoms with Crippen LogP contribution in [0, 0.1) is 11.3 Å². The Hall–Kier alpha value is 0.290. The molecular formula is C18H37Cl. The Morgan fingerprint density at radius 2 is 1.21 bits per heavy atom. The van der Waals surface area contributed by atoms with Crippen LogP contribution in [0.2, 0.25) is 0 Å². The molecule has 0 rings (SSSR count). The predicted molar refractivity (Wildman–Crippen MR) is 90.1 cm³/mol. The number of alkyl halides is 1. The third kappa shape index (κ3) is 7.02. The second-order valence-electron chi connectivity index (χ2n) is 7.24. The zero-order valence-corrected chi connectivity index (χ0v) is 15.1. The van der Waals surface area contributed by atoms with E-state index in [1.807, 2.05) is 0 Å². The summed E-state index contributed by atoms with van der Waals surface area (Å²) in [6, 6.07) is 0. The maximum atomic E-state index is 6.66. The predicted octanol–water partition coefficient (Wildman–Crippen LogP) is 7.20. The van der Waals surface area contributed by atoms with E-state index >= 15 is 0 Å². The monoisotopic (exact) mass is 288 g/mol. The van der Waals surface area contributed by atoms with Gasteiger partial charge >= 0.3 is 0 Å². The first-order valence-electron chi connectivity index (χ1n) is 8.46. The molecule has 0 N–H and O–H groups in total. The van der Waals surface area contributed by atoms with E-state index in [1.165, 1.54) is 57.8 Å². The molecule has 0 saturated heterocycles. The second-order valence-corrected chi connectivity index (χ2v) is 8.18. The minimum Gasteiger partial charge on any atom is -0.119 e.